The van der Waals surface area contributed by atoms with Crippen LogP contribution in [0.25, 0.3) is 0 Å². The Morgan fingerprint density at radius 3 is 2.83 bits per heavy atom. The molecule has 29 heavy (non-hydrogen) atoms. The summed E-state index contributed by atoms with van der Waals surface area (Å²) < 4.78 is 5.24. The predicted octanol–water partition coefficient (Wildman–Crippen LogP) is 4.14. The van der Waals surface area contributed by atoms with E-state index in [0.29, 0.717) is 10.7 Å². The van der Waals surface area contributed by atoms with Gasteiger partial charge in [0.2, 0.25) is 5.91 Å². The molecule has 1 atom stereocenters. The van der Waals surface area contributed by atoms with Crippen LogP contribution in [-0.2, 0) is 19.1 Å². The summed E-state index contributed by atoms with van der Waals surface area (Å²) in [5.74, 6) is -0.980. The number of carbonyl (C=O) groups is 3. The second kappa shape index (κ2) is 8.79. The van der Waals surface area contributed by atoms with E-state index < -0.39 is 11.2 Å². The summed E-state index contributed by atoms with van der Waals surface area (Å²) in [4.78, 5) is 40.0. The molecule has 1 saturated carbocycles. The van der Waals surface area contributed by atoms with Gasteiger partial charge in [0.15, 0.2) is 6.61 Å². The highest BCUT2D eigenvalue weighted by molar-refractivity contribution is 8.01. The van der Waals surface area contributed by atoms with Crippen molar-refractivity contribution in [1.82, 2.24) is 4.90 Å². The third kappa shape index (κ3) is 4.95. The number of amides is 2. The molecule has 4 rings (SSSR count). The van der Waals surface area contributed by atoms with E-state index in [1.165, 1.54) is 11.8 Å². The molecule has 0 bridgehead atoms. The van der Waals surface area contributed by atoms with E-state index in [9.17, 15) is 14.4 Å². The number of hydrogen-bond donors (Lipinski definition) is 1. The topological polar surface area (TPSA) is 75.7 Å². The number of allylic oxidation sites excluding steroid dienone is 2. The van der Waals surface area contributed by atoms with Crippen LogP contribution in [0, 0.1) is 0 Å². The van der Waals surface area contributed by atoms with Crippen molar-refractivity contribution in [1.29, 1.82) is 0 Å². The van der Waals surface area contributed by atoms with Gasteiger partial charge in [-0.15, -0.1) is 11.8 Å². The molecule has 1 N–H and O–H groups in total. The van der Waals surface area contributed by atoms with E-state index in [4.69, 9.17) is 16.3 Å². The number of thioether (sulfide) groups is 1. The minimum absolute atomic E-state index is 0.0853. The van der Waals surface area contributed by atoms with Gasteiger partial charge in [0.25, 0.3) is 5.91 Å². The van der Waals surface area contributed by atoms with Gasteiger partial charge in [-0.2, -0.15) is 0 Å². The molecule has 2 aliphatic carbocycles. The molecule has 8 heteroatoms. The number of anilines is 1. The average molecular weight is 435 g/mol. The first-order valence-corrected chi connectivity index (χ1v) is 11.2. The minimum atomic E-state index is -0.591. The molecular formula is C21H23ClN2O4S. The van der Waals surface area contributed by atoms with Crippen molar-refractivity contribution >= 4 is 46.8 Å². The number of benzene rings is 1. The van der Waals surface area contributed by atoms with Crippen LogP contribution in [0.1, 0.15) is 44.9 Å². The van der Waals surface area contributed by atoms with Gasteiger partial charge in [0, 0.05) is 21.7 Å². The predicted molar refractivity (Wildman–Crippen MR) is 112 cm³/mol. The molecule has 2 amide bonds. The van der Waals surface area contributed by atoms with E-state index in [0.717, 1.165) is 49.1 Å². The number of fused-ring (bicyclic) bond motifs is 1. The van der Waals surface area contributed by atoms with Crippen LogP contribution in [0.2, 0.25) is 5.02 Å². The van der Waals surface area contributed by atoms with E-state index in [2.05, 4.69) is 11.4 Å². The Balaban J connectivity index is 1.31. The van der Waals surface area contributed by atoms with E-state index in [-0.39, 0.29) is 30.9 Å². The molecule has 1 aromatic rings. The first kappa shape index (κ1) is 20.3. The summed E-state index contributed by atoms with van der Waals surface area (Å²) in [6.07, 6.45) is 8.18. The van der Waals surface area contributed by atoms with Crippen molar-refractivity contribution in [3.8, 4) is 0 Å². The minimum Gasteiger partial charge on any atom is -0.456 e. The lowest BCUT2D eigenvalue weighted by Crippen LogP contribution is -2.37. The highest BCUT2D eigenvalue weighted by Gasteiger charge is 2.36. The van der Waals surface area contributed by atoms with Crippen molar-refractivity contribution in [2.45, 2.75) is 61.1 Å². The number of ether oxygens (including phenoxy) is 1. The number of esters is 1. The Bertz CT molecular complexity index is 868. The van der Waals surface area contributed by atoms with Crippen LogP contribution < -0.4 is 5.32 Å². The van der Waals surface area contributed by atoms with Crippen molar-refractivity contribution < 1.29 is 19.1 Å². The van der Waals surface area contributed by atoms with Gasteiger partial charge in [0.05, 0.1) is 17.4 Å². The zero-order valence-electron chi connectivity index (χ0n) is 16.0. The van der Waals surface area contributed by atoms with Crippen molar-refractivity contribution in [3.63, 3.8) is 0 Å². The van der Waals surface area contributed by atoms with Crippen molar-refractivity contribution in [2.75, 3.05) is 11.9 Å². The molecule has 1 aromatic carbocycles. The fourth-order valence-electron chi connectivity index (χ4n) is 3.65. The maximum atomic E-state index is 12.7. The van der Waals surface area contributed by atoms with Gasteiger partial charge in [-0.3, -0.25) is 14.4 Å². The van der Waals surface area contributed by atoms with Gasteiger partial charge in [-0.25, -0.2) is 0 Å². The Morgan fingerprint density at radius 1 is 1.28 bits per heavy atom. The normalized spacial score (nSPS) is 20.9. The van der Waals surface area contributed by atoms with Gasteiger partial charge in [0.1, 0.15) is 0 Å². The summed E-state index contributed by atoms with van der Waals surface area (Å²) in [5, 5.41) is 2.72. The van der Waals surface area contributed by atoms with Crippen molar-refractivity contribution in [2.24, 2.45) is 0 Å². The summed E-state index contributed by atoms with van der Waals surface area (Å²) >= 11 is 7.25. The summed E-state index contributed by atoms with van der Waals surface area (Å²) in [5.41, 5.74) is 1.71. The molecule has 1 unspecified atom stereocenters. The third-order valence-electron chi connectivity index (χ3n) is 5.23. The molecule has 1 fully saturated rings. The molecule has 154 valence electrons. The maximum absolute atomic E-state index is 12.7. The largest absolute Gasteiger partial charge is 0.456 e. The lowest BCUT2D eigenvalue weighted by atomic mass is 10.0. The standard InChI is InChI=1S/C21H23ClN2O4S/c22-13-6-9-17-16(10-13)23-21(27)18(29-17)11-20(26)28-12-19(25)24(15-7-8-15)14-4-2-1-3-5-14/h4,6,9-10,15,18H,1-3,5,7-8,11-12H2,(H,23,27). The first-order valence-electron chi connectivity index (χ1n) is 9.95. The lowest BCUT2D eigenvalue weighted by molar-refractivity contribution is -0.151. The second-order valence-electron chi connectivity index (χ2n) is 7.54. The number of hydrogen-bond acceptors (Lipinski definition) is 5. The highest BCUT2D eigenvalue weighted by Crippen LogP contribution is 2.38. The fraction of sp³-hybridized carbons (Fsp3) is 0.476. The Labute approximate surface area is 179 Å². The zero-order valence-corrected chi connectivity index (χ0v) is 17.6. The Hall–Kier alpha value is -1.99. The molecule has 0 saturated heterocycles. The Morgan fingerprint density at radius 2 is 2.10 bits per heavy atom. The van der Waals surface area contributed by atoms with Crippen LogP contribution in [0.15, 0.2) is 34.9 Å². The number of nitrogens with one attached hydrogen (secondary N) is 1. The highest BCUT2D eigenvalue weighted by atomic mass is 35.5. The molecule has 1 aliphatic heterocycles. The van der Waals surface area contributed by atoms with Crippen LogP contribution >= 0.6 is 23.4 Å². The van der Waals surface area contributed by atoms with Crippen LogP contribution in [0.4, 0.5) is 5.69 Å². The summed E-state index contributed by atoms with van der Waals surface area (Å²) in [6.45, 7) is -0.280. The molecular weight excluding hydrogens is 412 g/mol. The molecule has 3 aliphatic rings. The fourth-order valence-corrected chi connectivity index (χ4v) is 4.90. The van der Waals surface area contributed by atoms with E-state index >= 15 is 0 Å². The first-order chi connectivity index (χ1) is 14.0. The second-order valence-corrected chi connectivity index (χ2v) is 9.22. The quantitative estimate of drug-likeness (QED) is 0.681. The van der Waals surface area contributed by atoms with Gasteiger partial charge in [-0.05, 0) is 56.7 Å². The van der Waals surface area contributed by atoms with E-state index in [1.54, 1.807) is 12.1 Å². The van der Waals surface area contributed by atoms with Crippen LogP contribution in [-0.4, -0.2) is 40.6 Å². The van der Waals surface area contributed by atoms with Crippen LogP contribution in [0.5, 0.6) is 0 Å². The van der Waals surface area contributed by atoms with Gasteiger partial charge < -0.3 is 15.0 Å². The number of carbonyl (C=O) groups excluding carboxylic acids is 3. The monoisotopic (exact) mass is 434 g/mol. The van der Waals surface area contributed by atoms with Crippen LogP contribution in [0.3, 0.4) is 0 Å². The molecule has 0 aromatic heterocycles. The lowest BCUT2D eigenvalue weighted by Gasteiger charge is -2.28. The third-order valence-corrected chi connectivity index (χ3v) is 6.74. The summed E-state index contributed by atoms with van der Waals surface area (Å²) in [7, 11) is 0. The average Bonchev–Trinajstić information content (AvgIpc) is 3.53. The maximum Gasteiger partial charge on any atom is 0.307 e. The zero-order chi connectivity index (χ0) is 20.4. The Kier molecular flexibility index (Phi) is 6.15. The number of halogens is 1. The van der Waals surface area contributed by atoms with Gasteiger partial charge >= 0.3 is 5.97 Å². The van der Waals surface area contributed by atoms with Gasteiger partial charge in [-0.1, -0.05) is 17.7 Å². The molecule has 0 spiro atoms. The van der Waals surface area contributed by atoms with Crippen molar-refractivity contribution in [3.05, 3.63) is 35.0 Å². The molecule has 0 radical (unpaired) electrons. The number of nitrogens with zero attached hydrogens (tertiary/aromatic N) is 1. The molecule has 6 nitrogen and oxygen atoms in total. The van der Waals surface area contributed by atoms with E-state index in [1.807, 2.05) is 11.0 Å². The number of rotatable bonds is 6. The summed E-state index contributed by atoms with van der Waals surface area (Å²) in [6, 6.07) is 5.48. The SMILES string of the molecule is O=C(CC1Sc2ccc(Cl)cc2NC1=O)OCC(=O)N(C1=CCCCC1)C1CC1. The smallest absolute Gasteiger partial charge is 0.307 e. The molecule has 1 heterocycles.